The lowest BCUT2D eigenvalue weighted by Crippen LogP contribution is -2.46. The van der Waals surface area contributed by atoms with Gasteiger partial charge in [0, 0.05) is 29.4 Å². The summed E-state index contributed by atoms with van der Waals surface area (Å²) >= 11 is 0. The van der Waals surface area contributed by atoms with Crippen molar-refractivity contribution in [2.75, 3.05) is 5.32 Å². The first-order valence-electron chi connectivity index (χ1n) is 9.60. The first-order valence-corrected chi connectivity index (χ1v) is 9.60. The number of hydrogen-bond donors (Lipinski definition) is 2. The third-order valence-electron chi connectivity index (χ3n) is 5.66. The molecule has 9 heteroatoms. The average molecular weight is 405 g/mol. The number of fused-ring (bicyclic) bond motifs is 1. The first-order chi connectivity index (χ1) is 13.8. The Morgan fingerprint density at radius 3 is 2.72 bits per heavy atom. The molecule has 1 unspecified atom stereocenters. The zero-order chi connectivity index (χ0) is 20.8. The molecule has 3 N–H and O–H groups in total. The molecule has 29 heavy (non-hydrogen) atoms. The van der Waals surface area contributed by atoms with E-state index in [1.54, 1.807) is 11.0 Å². The van der Waals surface area contributed by atoms with E-state index in [9.17, 15) is 18.0 Å². The van der Waals surface area contributed by atoms with E-state index in [0.717, 1.165) is 24.8 Å². The summed E-state index contributed by atoms with van der Waals surface area (Å²) in [5.41, 5.74) is 6.80. The van der Waals surface area contributed by atoms with Gasteiger partial charge in [0.1, 0.15) is 6.17 Å². The van der Waals surface area contributed by atoms with E-state index >= 15 is 0 Å². The van der Waals surface area contributed by atoms with Crippen molar-refractivity contribution in [3.63, 3.8) is 0 Å². The fraction of sp³-hybridized carbons (Fsp3) is 0.450. The Hall–Kier alpha value is -2.68. The van der Waals surface area contributed by atoms with Crippen LogP contribution in [0.1, 0.15) is 59.0 Å². The van der Waals surface area contributed by atoms with Gasteiger partial charge in [0.05, 0.1) is 0 Å². The topological polar surface area (TPSA) is 84.1 Å². The predicted octanol–water partition coefficient (Wildman–Crippen LogP) is 3.64. The summed E-state index contributed by atoms with van der Waals surface area (Å²) < 4.78 is 39.3. The van der Waals surface area contributed by atoms with Crippen LogP contribution in [0.25, 0.3) is 0 Å². The van der Waals surface area contributed by atoms with Crippen LogP contribution in [-0.4, -0.2) is 32.9 Å². The van der Waals surface area contributed by atoms with Crippen LogP contribution >= 0.6 is 0 Å². The number of amides is 1. The molecule has 1 aromatic carbocycles. The number of nitrogens with two attached hydrogens (primary N) is 1. The Bertz CT molecular complexity index is 933. The van der Waals surface area contributed by atoms with Gasteiger partial charge in [-0.1, -0.05) is 18.2 Å². The van der Waals surface area contributed by atoms with E-state index in [2.05, 4.69) is 15.3 Å². The SMILES string of the molecule is Cc1cnc(N[C@@H]2CCC[C@H](N3C(=O)c4ccccc4C3N)C2)nc1C(F)(F)F. The number of anilines is 1. The zero-order valence-corrected chi connectivity index (χ0v) is 15.9. The van der Waals surface area contributed by atoms with Gasteiger partial charge >= 0.3 is 6.18 Å². The van der Waals surface area contributed by atoms with Crippen LogP contribution in [0.4, 0.5) is 19.1 Å². The molecule has 154 valence electrons. The molecule has 4 rings (SSSR count). The Labute approximate surface area is 166 Å². The Morgan fingerprint density at radius 2 is 2.00 bits per heavy atom. The number of halogens is 3. The van der Waals surface area contributed by atoms with Crippen LogP contribution in [0, 0.1) is 6.92 Å². The van der Waals surface area contributed by atoms with Gasteiger partial charge in [-0.3, -0.25) is 4.79 Å². The first kappa shape index (κ1) is 19.6. The molecule has 0 spiro atoms. The van der Waals surface area contributed by atoms with Gasteiger partial charge in [-0.25, -0.2) is 9.97 Å². The summed E-state index contributed by atoms with van der Waals surface area (Å²) in [4.78, 5) is 22.2. The lowest BCUT2D eigenvalue weighted by molar-refractivity contribution is -0.141. The number of hydrogen-bond acceptors (Lipinski definition) is 5. The van der Waals surface area contributed by atoms with E-state index in [1.807, 2.05) is 18.2 Å². The Balaban J connectivity index is 1.50. The molecule has 1 amide bonds. The molecule has 1 aliphatic carbocycles. The van der Waals surface area contributed by atoms with Crippen molar-refractivity contribution in [2.45, 2.75) is 57.0 Å². The normalized spacial score (nSPS) is 24.5. The summed E-state index contributed by atoms with van der Waals surface area (Å²) in [7, 11) is 0. The maximum atomic E-state index is 13.1. The van der Waals surface area contributed by atoms with Crippen LogP contribution < -0.4 is 11.1 Å². The van der Waals surface area contributed by atoms with Crippen molar-refractivity contribution < 1.29 is 18.0 Å². The van der Waals surface area contributed by atoms with E-state index in [4.69, 9.17) is 5.73 Å². The minimum Gasteiger partial charge on any atom is -0.351 e. The number of alkyl halides is 3. The maximum absolute atomic E-state index is 13.1. The van der Waals surface area contributed by atoms with Crippen LogP contribution in [0.5, 0.6) is 0 Å². The quantitative estimate of drug-likeness (QED) is 0.815. The lowest BCUT2D eigenvalue weighted by Gasteiger charge is -2.37. The second-order valence-electron chi connectivity index (χ2n) is 7.63. The van der Waals surface area contributed by atoms with Gasteiger partial charge in [0.15, 0.2) is 5.69 Å². The highest BCUT2D eigenvalue weighted by Gasteiger charge is 2.40. The highest BCUT2D eigenvalue weighted by Crippen LogP contribution is 2.36. The monoisotopic (exact) mass is 405 g/mol. The minimum atomic E-state index is -4.53. The maximum Gasteiger partial charge on any atom is 0.433 e. The van der Waals surface area contributed by atoms with Gasteiger partial charge < -0.3 is 16.0 Å². The summed E-state index contributed by atoms with van der Waals surface area (Å²) in [5, 5.41) is 3.02. The number of carbonyl (C=O) groups excluding carboxylic acids is 1. The second kappa shape index (κ2) is 7.29. The molecule has 2 heterocycles. The molecule has 1 aliphatic heterocycles. The van der Waals surface area contributed by atoms with Crippen molar-refractivity contribution >= 4 is 11.9 Å². The molecule has 0 radical (unpaired) electrons. The minimum absolute atomic E-state index is 0.0176. The van der Waals surface area contributed by atoms with Gasteiger partial charge in [0.25, 0.3) is 5.91 Å². The van der Waals surface area contributed by atoms with Crippen LogP contribution in [0.15, 0.2) is 30.5 Å². The molecule has 6 nitrogen and oxygen atoms in total. The Kier molecular flexibility index (Phi) is 4.94. The molecule has 0 saturated heterocycles. The highest BCUT2D eigenvalue weighted by atomic mass is 19.4. The van der Waals surface area contributed by atoms with Gasteiger partial charge in [0.2, 0.25) is 5.95 Å². The van der Waals surface area contributed by atoms with Gasteiger partial charge in [-0.2, -0.15) is 13.2 Å². The van der Waals surface area contributed by atoms with E-state index in [1.165, 1.54) is 13.1 Å². The Morgan fingerprint density at radius 1 is 1.24 bits per heavy atom. The highest BCUT2D eigenvalue weighted by molar-refractivity contribution is 5.99. The molecule has 1 fully saturated rings. The van der Waals surface area contributed by atoms with Crippen molar-refractivity contribution in [1.29, 1.82) is 0 Å². The summed E-state index contributed by atoms with van der Waals surface area (Å²) in [6.07, 6.45) is -0.893. The second-order valence-corrected chi connectivity index (χ2v) is 7.63. The fourth-order valence-corrected chi connectivity index (χ4v) is 4.29. The summed E-state index contributed by atoms with van der Waals surface area (Å²) in [6, 6.07) is 7.06. The molecule has 1 saturated carbocycles. The largest absolute Gasteiger partial charge is 0.433 e. The van der Waals surface area contributed by atoms with Crippen molar-refractivity contribution in [3.8, 4) is 0 Å². The number of rotatable bonds is 3. The van der Waals surface area contributed by atoms with Crippen LogP contribution in [-0.2, 0) is 6.18 Å². The predicted molar refractivity (Wildman–Crippen MR) is 101 cm³/mol. The van der Waals surface area contributed by atoms with Crippen molar-refractivity contribution in [3.05, 3.63) is 52.8 Å². The lowest BCUT2D eigenvalue weighted by atomic mass is 9.90. The number of nitrogens with zero attached hydrogens (tertiary/aromatic N) is 3. The number of aromatic nitrogens is 2. The van der Waals surface area contributed by atoms with E-state index in [-0.39, 0.29) is 29.5 Å². The summed E-state index contributed by atoms with van der Waals surface area (Å²) in [5.74, 6) is -0.140. The standard InChI is InChI=1S/C20H22F3N5O/c1-11-10-25-19(27-16(11)20(21,22)23)26-12-5-4-6-13(9-12)28-17(24)14-7-2-3-8-15(14)18(28)29/h2-3,7-8,10,12-13,17H,4-6,9,24H2,1H3,(H,25,26,27)/t12-,13+,17?/m1/s1. The third-order valence-corrected chi connectivity index (χ3v) is 5.66. The van der Waals surface area contributed by atoms with E-state index < -0.39 is 18.0 Å². The number of nitrogens with one attached hydrogen (secondary N) is 1. The molecular weight excluding hydrogens is 383 g/mol. The average Bonchev–Trinajstić information content (AvgIpc) is 2.94. The number of aryl methyl sites for hydroxylation is 1. The number of benzene rings is 1. The van der Waals surface area contributed by atoms with Gasteiger partial charge in [-0.05, 0) is 44.2 Å². The fourth-order valence-electron chi connectivity index (χ4n) is 4.29. The molecule has 2 aromatic rings. The molecule has 2 aliphatic rings. The zero-order valence-electron chi connectivity index (χ0n) is 15.9. The van der Waals surface area contributed by atoms with Gasteiger partial charge in [-0.15, -0.1) is 0 Å². The van der Waals surface area contributed by atoms with Crippen molar-refractivity contribution in [2.24, 2.45) is 5.73 Å². The number of carbonyl (C=O) groups is 1. The van der Waals surface area contributed by atoms with Crippen LogP contribution in [0.2, 0.25) is 0 Å². The third kappa shape index (κ3) is 3.66. The smallest absolute Gasteiger partial charge is 0.351 e. The van der Waals surface area contributed by atoms with Crippen molar-refractivity contribution in [1.82, 2.24) is 14.9 Å². The molecule has 3 atom stereocenters. The summed E-state index contributed by atoms with van der Waals surface area (Å²) in [6.45, 7) is 1.33. The van der Waals surface area contributed by atoms with Crippen LogP contribution in [0.3, 0.4) is 0 Å². The molecule has 0 bridgehead atoms. The molecule has 1 aromatic heterocycles. The molecular formula is C20H22F3N5O. The van der Waals surface area contributed by atoms with E-state index in [0.29, 0.717) is 12.0 Å².